The van der Waals surface area contributed by atoms with Crippen LogP contribution in [0.2, 0.25) is 0 Å². The largest absolute Gasteiger partial charge is 0.430 e. The summed E-state index contributed by atoms with van der Waals surface area (Å²) in [6, 6.07) is 4.28. The Hall–Kier alpha value is -2.91. The topological polar surface area (TPSA) is 107 Å². The number of aryl methyl sites for hydroxylation is 1. The van der Waals surface area contributed by atoms with Crippen molar-refractivity contribution >= 4 is 21.6 Å². The molecule has 1 saturated carbocycles. The van der Waals surface area contributed by atoms with Gasteiger partial charge in [0.05, 0.1) is 22.7 Å². The van der Waals surface area contributed by atoms with E-state index in [1.807, 2.05) is 0 Å². The molecule has 0 unspecified atom stereocenters. The number of aliphatic hydroxyl groups excluding tert-OH is 1. The second-order valence-electron chi connectivity index (χ2n) is 10.2. The summed E-state index contributed by atoms with van der Waals surface area (Å²) in [5.41, 5.74) is -7.17. The van der Waals surface area contributed by atoms with Crippen LogP contribution in [0, 0.1) is 11.7 Å². The Morgan fingerprint density at radius 1 is 0.927 bits per heavy atom. The van der Waals surface area contributed by atoms with Crippen molar-refractivity contribution < 1.29 is 54.2 Å². The Morgan fingerprint density at radius 3 is 2.07 bits per heavy atom. The number of amides is 1. The van der Waals surface area contributed by atoms with Gasteiger partial charge in [0.25, 0.3) is 15.6 Å². The number of alkyl halides is 6. The molecule has 3 N–H and O–H groups in total. The number of rotatable bonds is 6. The van der Waals surface area contributed by atoms with E-state index >= 15 is 0 Å². The number of halogens is 7. The summed E-state index contributed by atoms with van der Waals surface area (Å²) < 4.78 is 123. The zero-order chi connectivity index (χ0) is 30.4. The van der Waals surface area contributed by atoms with Crippen LogP contribution in [0.15, 0.2) is 47.4 Å². The molecule has 1 aliphatic carbocycles. The van der Waals surface area contributed by atoms with Gasteiger partial charge in [-0.2, -0.15) is 26.3 Å². The molecule has 41 heavy (non-hydrogen) atoms. The zero-order valence-corrected chi connectivity index (χ0v) is 22.2. The molecular weight excluding hydrogens is 585 g/mol. The van der Waals surface area contributed by atoms with Gasteiger partial charge in [0.15, 0.2) is 0 Å². The maximum absolute atomic E-state index is 13.7. The van der Waals surface area contributed by atoms with E-state index in [-0.39, 0.29) is 36.5 Å². The first-order valence-electron chi connectivity index (χ1n) is 12.7. The third-order valence-corrected chi connectivity index (χ3v) is 9.46. The van der Waals surface area contributed by atoms with Crippen LogP contribution in [0.4, 0.5) is 36.4 Å². The average molecular weight is 613 g/mol. The number of benzene rings is 2. The summed E-state index contributed by atoms with van der Waals surface area (Å²) >= 11 is 0. The van der Waals surface area contributed by atoms with Gasteiger partial charge in [-0.3, -0.25) is 9.10 Å². The zero-order valence-electron chi connectivity index (χ0n) is 21.3. The lowest BCUT2D eigenvalue weighted by Gasteiger charge is -2.39. The van der Waals surface area contributed by atoms with Gasteiger partial charge in [0.1, 0.15) is 5.82 Å². The van der Waals surface area contributed by atoms with Crippen molar-refractivity contribution in [3.63, 3.8) is 0 Å². The van der Waals surface area contributed by atoms with Crippen LogP contribution < -0.4 is 9.62 Å². The van der Waals surface area contributed by atoms with Crippen molar-refractivity contribution in [3.05, 3.63) is 59.4 Å². The molecule has 4 rings (SSSR count). The van der Waals surface area contributed by atoms with Crippen LogP contribution >= 0.6 is 0 Å². The quantitative estimate of drug-likeness (QED) is 0.422. The van der Waals surface area contributed by atoms with Gasteiger partial charge in [0, 0.05) is 18.0 Å². The smallest absolute Gasteiger partial charge is 0.393 e. The molecule has 1 heterocycles. The Bertz CT molecular complexity index is 1360. The highest BCUT2D eigenvalue weighted by atomic mass is 32.2. The molecule has 1 amide bonds. The first kappa shape index (κ1) is 31.0. The van der Waals surface area contributed by atoms with E-state index in [0.29, 0.717) is 37.8 Å². The number of hydrogen-bond donors (Lipinski definition) is 3. The van der Waals surface area contributed by atoms with Crippen molar-refractivity contribution in [1.29, 1.82) is 0 Å². The van der Waals surface area contributed by atoms with Gasteiger partial charge < -0.3 is 15.5 Å². The molecule has 7 nitrogen and oxygen atoms in total. The minimum absolute atomic E-state index is 0.100. The van der Waals surface area contributed by atoms with Gasteiger partial charge >= 0.3 is 12.4 Å². The predicted molar refractivity (Wildman–Crippen MR) is 132 cm³/mol. The monoisotopic (exact) mass is 612 g/mol. The maximum Gasteiger partial charge on any atom is 0.430 e. The minimum atomic E-state index is -6.13. The first-order chi connectivity index (χ1) is 19.0. The maximum atomic E-state index is 13.7. The SMILES string of the molecule is O=C(NC[C@@H]1CCc2cc(C(O)(C(F)(F)F)C(F)(F)F)ccc2N1S(=O)(=O)c1ccc(F)cc1)C1CCC(O)CC1. The Kier molecular flexibility index (Phi) is 8.37. The van der Waals surface area contributed by atoms with E-state index in [9.17, 15) is 54.2 Å². The number of sulfonamides is 1. The van der Waals surface area contributed by atoms with Crippen LogP contribution in [0.1, 0.15) is 43.2 Å². The lowest BCUT2D eigenvalue weighted by atomic mass is 9.86. The van der Waals surface area contributed by atoms with E-state index in [1.54, 1.807) is 0 Å². The van der Waals surface area contributed by atoms with Crippen LogP contribution in [-0.4, -0.2) is 55.6 Å². The van der Waals surface area contributed by atoms with Crippen LogP contribution in [0.3, 0.4) is 0 Å². The number of nitrogens with one attached hydrogen (secondary N) is 1. The van der Waals surface area contributed by atoms with Crippen molar-refractivity contribution in [1.82, 2.24) is 5.32 Å². The highest BCUT2D eigenvalue weighted by Gasteiger charge is 2.71. The second kappa shape index (κ2) is 11.1. The average Bonchev–Trinajstić information content (AvgIpc) is 2.89. The lowest BCUT2D eigenvalue weighted by molar-refractivity contribution is -0.376. The molecular formula is C26H27F7N2O5S. The number of aliphatic hydroxyl groups is 2. The third kappa shape index (κ3) is 5.89. The van der Waals surface area contributed by atoms with Crippen LogP contribution in [-0.2, 0) is 26.8 Å². The molecule has 1 fully saturated rings. The Balaban J connectivity index is 1.72. The van der Waals surface area contributed by atoms with E-state index in [1.165, 1.54) is 0 Å². The van der Waals surface area contributed by atoms with Gasteiger partial charge in [-0.25, -0.2) is 12.8 Å². The summed E-state index contributed by atoms with van der Waals surface area (Å²) in [4.78, 5) is 12.4. The van der Waals surface area contributed by atoms with Crippen molar-refractivity contribution in [2.75, 3.05) is 10.8 Å². The van der Waals surface area contributed by atoms with Crippen LogP contribution in [0.25, 0.3) is 0 Å². The third-order valence-electron chi connectivity index (χ3n) is 7.58. The molecule has 0 spiro atoms. The molecule has 0 bridgehead atoms. The summed E-state index contributed by atoms with van der Waals surface area (Å²) in [6.07, 6.45) is -11.4. The standard InChI is InChI=1S/C26H27F7N2O5S/c27-18-5-10-21(11-6-18)41(39,40)35-19(14-34-23(37)15-2-8-20(36)9-3-15)7-1-16-13-17(4-12-22(16)35)24(38,25(28,29)30)26(31,32)33/h4-6,10-13,15,19-20,36,38H,1-3,7-9,14H2,(H,34,37)/t15?,19-,20?/m0/s1. The number of nitrogens with zero attached hydrogens (tertiary/aromatic N) is 1. The summed E-state index contributed by atoms with van der Waals surface area (Å²) in [5.74, 6) is -1.54. The molecule has 2 aromatic carbocycles. The van der Waals surface area contributed by atoms with Crippen molar-refractivity contribution in [2.45, 2.75) is 73.5 Å². The predicted octanol–water partition coefficient (Wildman–Crippen LogP) is 4.32. The number of carbonyl (C=O) groups is 1. The fourth-order valence-corrected chi connectivity index (χ4v) is 7.00. The molecule has 2 aliphatic rings. The highest BCUT2D eigenvalue weighted by molar-refractivity contribution is 7.92. The fraction of sp³-hybridized carbons (Fsp3) is 0.500. The fourth-order valence-electron chi connectivity index (χ4n) is 5.28. The number of carbonyl (C=O) groups excluding carboxylic acids is 1. The molecule has 15 heteroatoms. The molecule has 0 aromatic heterocycles. The van der Waals surface area contributed by atoms with E-state index in [0.717, 1.165) is 34.6 Å². The highest BCUT2D eigenvalue weighted by Crippen LogP contribution is 2.51. The molecule has 1 atom stereocenters. The van der Waals surface area contributed by atoms with Gasteiger partial charge in [-0.05, 0) is 74.4 Å². The molecule has 0 saturated heterocycles. The van der Waals surface area contributed by atoms with Crippen LogP contribution in [0.5, 0.6) is 0 Å². The van der Waals surface area contributed by atoms with E-state index < -0.39 is 62.3 Å². The molecule has 226 valence electrons. The van der Waals surface area contributed by atoms with E-state index in [4.69, 9.17) is 0 Å². The Labute approximate surface area is 231 Å². The number of hydrogen-bond acceptors (Lipinski definition) is 5. The first-order valence-corrected chi connectivity index (χ1v) is 14.2. The second-order valence-corrected chi connectivity index (χ2v) is 12.1. The van der Waals surface area contributed by atoms with Gasteiger partial charge in [-0.1, -0.05) is 12.1 Å². The van der Waals surface area contributed by atoms with E-state index in [2.05, 4.69) is 5.32 Å². The van der Waals surface area contributed by atoms with Gasteiger partial charge in [0.2, 0.25) is 5.91 Å². The lowest BCUT2D eigenvalue weighted by Crippen LogP contribution is -2.54. The number of fused-ring (bicyclic) bond motifs is 1. The number of anilines is 1. The molecule has 0 radical (unpaired) electrons. The Morgan fingerprint density at radius 2 is 1.51 bits per heavy atom. The van der Waals surface area contributed by atoms with Crippen molar-refractivity contribution in [3.8, 4) is 0 Å². The summed E-state index contributed by atoms with van der Waals surface area (Å²) in [7, 11) is -4.55. The van der Waals surface area contributed by atoms with Gasteiger partial charge in [-0.15, -0.1) is 0 Å². The minimum Gasteiger partial charge on any atom is -0.393 e. The molecule has 1 aliphatic heterocycles. The molecule has 2 aromatic rings. The normalized spacial score (nSPS) is 22.3. The van der Waals surface area contributed by atoms with Crippen molar-refractivity contribution in [2.24, 2.45) is 5.92 Å². The summed E-state index contributed by atoms with van der Waals surface area (Å²) in [6.45, 7) is -0.228. The summed E-state index contributed by atoms with van der Waals surface area (Å²) in [5, 5.41) is 22.2.